The monoisotopic (exact) mass is 1820 g/mol. The number of phosphoric ester groups is 1. The van der Waals surface area contributed by atoms with Crippen LogP contribution in [0.4, 0.5) is 0 Å². The smallest absolute Gasteiger partial charge is 0.396 e. The third kappa shape index (κ3) is 45.1. The van der Waals surface area contributed by atoms with Crippen molar-refractivity contribution in [3.63, 3.8) is 0 Å². The van der Waals surface area contributed by atoms with Gasteiger partial charge in [0.05, 0.1) is 89.9 Å². The van der Waals surface area contributed by atoms with Crippen molar-refractivity contribution >= 4 is 72.8 Å². The maximum Gasteiger partial charge on any atom is 0.471 e. The van der Waals surface area contributed by atoms with Crippen LogP contribution in [0.5, 0.6) is 0 Å². The van der Waals surface area contributed by atoms with Crippen LogP contribution in [0.15, 0.2) is 0 Å². The molecule has 1 saturated carbocycles. The lowest BCUT2D eigenvalue weighted by Crippen LogP contribution is -2.64. The van der Waals surface area contributed by atoms with Crippen LogP contribution in [0, 0.1) is 5.92 Å². The highest BCUT2D eigenvalue weighted by atomic mass is 31.2. The first-order chi connectivity index (χ1) is 59.8. The number of likely N-dealkylation sites (tertiary alicyclic amines) is 1. The summed E-state index contributed by atoms with van der Waals surface area (Å²) in [6.07, 6.45) is -4.38. The van der Waals surface area contributed by atoms with Gasteiger partial charge < -0.3 is 152 Å². The third-order valence-corrected chi connectivity index (χ3v) is 22.3. The number of amides is 11. The molecule has 4 fully saturated rings. The van der Waals surface area contributed by atoms with Gasteiger partial charge in [0.25, 0.3) is 0 Å². The lowest BCUT2D eigenvalue weighted by molar-refractivity contribution is -0.270. The molecule has 1 aliphatic carbocycles. The number of aliphatic hydroxyl groups excluding tert-OH is 10. The number of hydrogen-bond donors (Lipinski definition) is 21. The predicted molar refractivity (Wildman–Crippen MR) is 443 cm³/mol. The normalized spacial score (nSPS) is 25.2. The fourth-order valence-electron chi connectivity index (χ4n) is 14.5. The summed E-state index contributed by atoms with van der Waals surface area (Å²) >= 11 is 0. The number of unbranched alkanes of at least 4 members (excludes halogenated alkanes) is 10. The van der Waals surface area contributed by atoms with Gasteiger partial charge in [0.2, 0.25) is 65.0 Å². The van der Waals surface area contributed by atoms with Crippen molar-refractivity contribution in [3.05, 3.63) is 0 Å². The van der Waals surface area contributed by atoms with Crippen LogP contribution in [0.1, 0.15) is 194 Å². The maximum absolute atomic E-state index is 14.1. The minimum Gasteiger partial charge on any atom is -0.396 e. The number of β-amino-alcohol motifs (C(OH)–C–C–N with tert-alkyl or cyclic N) is 1. The van der Waals surface area contributed by atoms with Gasteiger partial charge in [-0.2, -0.15) is 0 Å². The Morgan fingerprint density at radius 2 is 0.760 bits per heavy atom. The minimum atomic E-state index is -4.28. The molecule has 21 N–H and O–H groups in total. The van der Waals surface area contributed by atoms with Gasteiger partial charge in [0.15, 0.2) is 12.6 Å². The Labute approximate surface area is 730 Å². The number of ether oxygens (including phenoxy) is 8. The number of rotatable bonds is 67. The first-order valence-electron chi connectivity index (χ1n) is 43.8. The van der Waals surface area contributed by atoms with E-state index in [1.54, 1.807) is 0 Å². The Morgan fingerprint density at radius 3 is 1.14 bits per heavy atom. The van der Waals surface area contributed by atoms with E-state index in [1.807, 2.05) is 0 Å². The van der Waals surface area contributed by atoms with Crippen LogP contribution < -0.4 is 53.2 Å². The standard InChI is InChI=1S/C80H144N11O33P/c1-52(95)87-69-58(42-55(45-92)72(107)75(69)110)119-36-16-13-22-61(99)81-30-19-33-84-64(102)27-39-116-49-80(90-67(105)25-11-9-7-5-6-8-10-12-26-68(106)91-44-57(98)43-56(91)48-122-125(113,114)115-4,50-117-40-28-65(103)85-34-20-31-82-62(100)23-14-17-37-120-78-70(88-53(2)96)76(111)73(108)59(46-93)123-78)51-118-41-29-66(104)86-35-21-32-83-63(101)24-15-18-38-121-79-71(89-54(3)97)77(112)74(109)60(47-94)124-79/h55-60,69-79,92-94,98,107-112H,5-51H2,1-4H3,(H,81,99)(H,82,100)(H,83,101)(H,84,102)(H,85,103)(H,86,104)(H,87,95)(H,88,96)(H,89,97)(H,90,105)(H,113,114). The van der Waals surface area contributed by atoms with E-state index < -0.39 is 154 Å². The topological polar surface area (TPSA) is 643 Å². The van der Waals surface area contributed by atoms with Gasteiger partial charge in [-0.3, -0.25) is 61.8 Å². The molecule has 0 radical (unpaired) electrons. The summed E-state index contributed by atoms with van der Waals surface area (Å²) < 4.78 is 68.2. The molecule has 18 unspecified atom stereocenters. The number of carbonyl (C=O) groups is 11. The summed E-state index contributed by atoms with van der Waals surface area (Å²) in [7, 11) is -3.25. The molecular weight excluding hydrogens is 1670 g/mol. The predicted octanol–water partition coefficient (Wildman–Crippen LogP) is -4.39. The van der Waals surface area contributed by atoms with Crippen LogP contribution in [-0.4, -0.2) is 368 Å². The van der Waals surface area contributed by atoms with Crippen LogP contribution in [0.2, 0.25) is 0 Å². The first-order valence-corrected chi connectivity index (χ1v) is 45.3. The second-order valence-corrected chi connectivity index (χ2v) is 33.6. The third-order valence-electron chi connectivity index (χ3n) is 21.4. The SMILES string of the molecule is COP(=O)(O)OCC1CC(O)CN1C(=O)CCCCCCCCCCC(=O)NC(COCCC(=O)NCCCNC(=O)CCCCOC1CC(CO)C(O)C(O)C1NC(C)=O)(COCCC(=O)NCCCNC(=O)CCCCOC1OC(CO)C(O)C(O)C1NC(C)=O)COCCC(=O)NCCCNC(=O)CCCCOC1OC(CO)C(O)C(O)C1NC(C)=O. The Kier molecular flexibility index (Phi) is 55.7. The van der Waals surface area contributed by atoms with Crippen LogP contribution in [-0.2, 0) is 104 Å². The van der Waals surface area contributed by atoms with E-state index in [1.165, 1.54) is 25.7 Å². The van der Waals surface area contributed by atoms with Crippen LogP contribution >= 0.6 is 7.82 Å². The van der Waals surface area contributed by atoms with Crippen molar-refractivity contribution in [2.75, 3.05) is 139 Å². The van der Waals surface area contributed by atoms with Gasteiger partial charge in [-0.25, -0.2) is 4.57 Å². The highest BCUT2D eigenvalue weighted by Crippen LogP contribution is 2.43. The molecule has 11 amide bonds. The Balaban J connectivity index is 1.31. The summed E-state index contributed by atoms with van der Waals surface area (Å²) in [5.74, 6) is -4.58. The van der Waals surface area contributed by atoms with Gasteiger partial charge >= 0.3 is 7.82 Å². The quantitative estimate of drug-likeness (QED) is 0.0202. The zero-order chi connectivity index (χ0) is 92.1. The summed E-state index contributed by atoms with van der Waals surface area (Å²) in [4.78, 5) is 151. The molecular formula is C80H144N11O33P. The fourth-order valence-corrected chi connectivity index (χ4v) is 15.0. The molecule has 722 valence electrons. The van der Waals surface area contributed by atoms with Gasteiger partial charge in [-0.15, -0.1) is 0 Å². The maximum atomic E-state index is 14.1. The number of phosphoric acid groups is 1. The highest BCUT2D eigenvalue weighted by molar-refractivity contribution is 7.47. The largest absolute Gasteiger partial charge is 0.471 e. The van der Waals surface area contributed by atoms with Crippen LogP contribution in [0.3, 0.4) is 0 Å². The Hall–Kier alpha value is -6.44. The molecule has 3 heterocycles. The zero-order valence-electron chi connectivity index (χ0n) is 72.8. The molecule has 125 heavy (non-hydrogen) atoms. The molecule has 44 nitrogen and oxygen atoms in total. The number of hydrogen-bond acceptors (Lipinski definition) is 32. The summed E-state index contributed by atoms with van der Waals surface area (Å²) in [6, 6.07) is -3.67. The van der Waals surface area contributed by atoms with Crippen molar-refractivity contribution < 1.29 is 160 Å². The molecule has 18 atom stereocenters. The molecule has 4 aliphatic rings. The highest BCUT2D eigenvalue weighted by Gasteiger charge is 2.48. The van der Waals surface area contributed by atoms with E-state index in [0.29, 0.717) is 77.0 Å². The van der Waals surface area contributed by atoms with Gasteiger partial charge in [-0.1, -0.05) is 38.5 Å². The summed E-state index contributed by atoms with van der Waals surface area (Å²) in [6.45, 7) is 2.33. The number of nitrogens with one attached hydrogen (secondary N) is 10. The van der Waals surface area contributed by atoms with Crippen molar-refractivity contribution in [2.45, 2.75) is 297 Å². The molecule has 0 aromatic carbocycles. The Bertz CT molecular complexity index is 2980. The van der Waals surface area contributed by atoms with Crippen molar-refractivity contribution in [1.29, 1.82) is 0 Å². The molecule has 45 heteroatoms. The molecule has 4 rings (SSSR count). The molecule has 3 saturated heterocycles. The molecule has 0 bridgehead atoms. The molecule has 0 aromatic heterocycles. The fraction of sp³-hybridized carbons (Fsp3) is 0.863. The average Bonchev–Trinajstić information content (AvgIpc) is 1.57. The molecule has 0 spiro atoms. The van der Waals surface area contributed by atoms with E-state index in [0.717, 1.165) is 39.2 Å². The molecule has 3 aliphatic heterocycles. The van der Waals surface area contributed by atoms with E-state index in [-0.39, 0.29) is 224 Å². The number of nitrogens with zero attached hydrogens (tertiary/aromatic N) is 1. The first kappa shape index (κ1) is 111. The lowest BCUT2D eigenvalue weighted by atomic mass is 9.79. The second kappa shape index (κ2) is 62.7. The minimum absolute atomic E-state index is 0.0664. The average molecular weight is 1820 g/mol. The lowest BCUT2D eigenvalue weighted by Gasteiger charge is -2.42. The van der Waals surface area contributed by atoms with Crippen LogP contribution in [0.25, 0.3) is 0 Å². The zero-order valence-corrected chi connectivity index (χ0v) is 73.7. The Morgan fingerprint density at radius 1 is 0.408 bits per heavy atom. The number of carbonyl (C=O) groups excluding carboxylic acids is 11. The van der Waals surface area contributed by atoms with Crippen molar-refractivity contribution in [1.82, 2.24) is 58.1 Å². The van der Waals surface area contributed by atoms with Crippen molar-refractivity contribution in [2.24, 2.45) is 5.92 Å². The number of aliphatic hydroxyl groups is 10. The summed E-state index contributed by atoms with van der Waals surface area (Å²) in [5, 5.41) is 129. The van der Waals surface area contributed by atoms with E-state index in [4.69, 9.17) is 42.4 Å². The van der Waals surface area contributed by atoms with E-state index in [2.05, 4.69) is 57.7 Å². The molecule has 0 aromatic rings. The van der Waals surface area contributed by atoms with Gasteiger partial charge in [0, 0.05) is 157 Å². The van der Waals surface area contributed by atoms with E-state index >= 15 is 0 Å². The van der Waals surface area contributed by atoms with Gasteiger partial charge in [0.1, 0.15) is 60.4 Å². The van der Waals surface area contributed by atoms with Crippen molar-refractivity contribution in [3.8, 4) is 0 Å². The summed E-state index contributed by atoms with van der Waals surface area (Å²) in [5.41, 5.74) is -1.46. The van der Waals surface area contributed by atoms with Gasteiger partial charge in [-0.05, 0) is 83.5 Å². The second-order valence-electron chi connectivity index (χ2n) is 32.0. The van der Waals surface area contributed by atoms with E-state index in [9.17, 15) is 113 Å².